The van der Waals surface area contributed by atoms with Crippen molar-refractivity contribution >= 4 is 35.1 Å². The van der Waals surface area contributed by atoms with Crippen molar-refractivity contribution in [3.05, 3.63) is 21.9 Å². The molecule has 1 atom stereocenters. The van der Waals surface area contributed by atoms with Gasteiger partial charge >= 0.3 is 5.97 Å². The molecule has 5 nitrogen and oxygen atoms in total. The van der Waals surface area contributed by atoms with Gasteiger partial charge in [0.2, 0.25) is 0 Å². The van der Waals surface area contributed by atoms with Gasteiger partial charge in [-0.25, -0.2) is 0 Å². The fraction of sp³-hybridized carbons (Fsp3) is 0.455. The minimum atomic E-state index is -0.901. The SMILES string of the molecule is O=C(O)CC1CCCN1C(=O)c1cc(Cl)c(Cl)[nH]1. The number of aliphatic carboxylic acids is 1. The molecule has 18 heavy (non-hydrogen) atoms. The third kappa shape index (κ3) is 2.62. The molecule has 98 valence electrons. The summed E-state index contributed by atoms with van der Waals surface area (Å²) in [7, 11) is 0. The molecule has 0 saturated carbocycles. The van der Waals surface area contributed by atoms with Crippen LogP contribution in [0.3, 0.4) is 0 Å². The maximum absolute atomic E-state index is 12.2. The van der Waals surface area contributed by atoms with Gasteiger partial charge in [-0.1, -0.05) is 23.2 Å². The van der Waals surface area contributed by atoms with Crippen LogP contribution in [-0.4, -0.2) is 39.5 Å². The standard InChI is InChI=1S/C11H12Cl2N2O3/c12-7-5-8(14-10(7)13)11(18)15-3-1-2-6(15)4-9(16)17/h5-6,14H,1-4H2,(H,16,17). The van der Waals surface area contributed by atoms with E-state index in [1.807, 2.05) is 0 Å². The van der Waals surface area contributed by atoms with Crippen LogP contribution in [0.5, 0.6) is 0 Å². The molecule has 1 saturated heterocycles. The van der Waals surface area contributed by atoms with Crippen molar-refractivity contribution < 1.29 is 14.7 Å². The van der Waals surface area contributed by atoms with Crippen LogP contribution < -0.4 is 0 Å². The first-order valence-corrected chi connectivity index (χ1v) is 6.31. The monoisotopic (exact) mass is 290 g/mol. The van der Waals surface area contributed by atoms with E-state index >= 15 is 0 Å². The Balaban J connectivity index is 2.15. The lowest BCUT2D eigenvalue weighted by Crippen LogP contribution is -2.37. The van der Waals surface area contributed by atoms with Gasteiger partial charge < -0.3 is 15.0 Å². The molecule has 0 bridgehead atoms. The number of nitrogens with zero attached hydrogens (tertiary/aromatic N) is 1. The summed E-state index contributed by atoms with van der Waals surface area (Å²) < 4.78 is 0. The number of halogens is 2. The minimum absolute atomic E-state index is 0.0338. The summed E-state index contributed by atoms with van der Waals surface area (Å²) in [4.78, 5) is 27.2. The molecule has 1 amide bonds. The molecule has 1 aliphatic heterocycles. The highest BCUT2D eigenvalue weighted by atomic mass is 35.5. The Morgan fingerprint density at radius 1 is 1.50 bits per heavy atom. The van der Waals surface area contributed by atoms with Crippen LogP contribution in [0.4, 0.5) is 0 Å². The van der Waals surface area contributed by atoms with Crippen LogP contribution in [-0.2, 0) is 4.79 Å². The summed E-state index contributed by atoms with van der Waals surface area (Å²) in [6.07, 6.45) is 1.49. The number of likely N-dealkylation sites (tertiary alicyclic amines) is 1. The predicted molar refractivity (Wildman–Crippen MR) is 67.1 cm³/mol. The first-order valence-electron chi connectivity index (χ1n) is 5.56. The summed E-state index contributed by atoms with van der Waals surface area (Å²) in [6.45, 7) is 0.561. The fourth-order valence-electron chi connectivity index (χ4n) is 2.19. The predicted octanol–water partition coefficient (Wildman–Crippen LogP) is 2.40. The van der Waals surface area contributed by atoms with E-state index in [1.54, 1.807) is 4.90 Å². The molecule has 1 unspecified atom stereocenters. The zero-order chi connectivity index (χ0) is 13.3. The number of carbonyl (C=O) groups excluding carboxylic acids is 1. The van der Waals surface area contributed by atoms with Crippen LogP contribution in [0.1, 0.15) is 29.8 Å². The molecule has 1 aliphatic rings. The topological polar surface area (TPSA) is 73.4 Å². The highest BCUT2D eigenvalue weighted by Crippen LogP contribution is 2.26. The van der Waals surface area contributed by atoms with Gasteiger partial charge in [-0.05, 0) is 18.9 Å². The largest absolute Gasteiger partial charge is 0.481 e. The van der Waals surface area contributed by atoms with E-state index in [1.165, 1.54) is 6.07 Å². The van der Waals surface area contributed by atoms with E-state index in [4.69, 9.17) is 28.3 Å². The number of hydrogen-bond donors (Lipinski definition) is 2. The van der Waals surface area contributed by atoms with Crippen molar-refractivity contribution in [1.82, 2.24) is 9.88 Å². The van der Waals surface area contributed by atoms with Crippen LogP contribution in [0.15, 0.2) is 6.07 Å². The summed E-state index contributed by atoms with van der Waals surface area (Å²) in [5.74, 6) is -1.16. The van der Waals surface area contributed by atoms with Crippen molar-refractivity contribution in [2.24, 2.45) is 0 Å². The molecule has 0 radical (unpaired) electrons. The van der Waals surface area contributed by atoms with Crippen LogP contribution in [0.2, 0.25) is 10.2 Å². The van der Waals surface area contributed by atoms with Crippen LogP contribution >= 0.6 is 23.2 Å². The lowest BCUT2D eigenvalue weighted by atomic mass is 10.1. The number of aromatic nitrogens is 1. The molecule has 2 N–H and O–H groups in total. The highest BCUT2D eigenvalue weighted by Gasteiger charge is 2.31. The Labute approximate surface area is 114 Å². The fourth-order valence-corrected chi connectivity index (χ4v) is 2.50. The molecule has 0 aromatic carbocycles. The Kier molecular flexibility index (Phi) is 3.82. The molecule has 2 rings (SSSR count). The van der Waals surface area contributed by atoms with E-state index in [0.717, 1.165) is 6.42 Å². The van der Waals surface area contributed by atoms with Gasteiger partial charge in [-0.3, -0.25) is 9.59 Å². The van der Waals surface area contributed by atoms with Crippen molar-refractivity contribution in [3.63, 3.8) is 0 Å². The van der Waals surface area contributed by atoms with Crippen molar-refractivity contribution in [2.45, 2.75) is 25.3 Å². The molecular formula is C11H12Cl2N2O3. The van der Waals surface area contributed by atoms with E-state index < -0.39 is 5.97 Å². The Morgan fingerprint density at radius 2 is 2.22 bits per heavy atom. The third-order valence-corrected chi connectivity index (χ3v) is 3.70. The number of nitrogens with one attached hydrogen (secondary N) is 1. The smallest absolute Gasteiger partial charge is 0.305 e. The molecule has 1 aromatic heterocycles. The maximum atomic E-state index is 12.2. The number of rotatable bonds is 3. The Bertz CT molecular complexity index is 467. The summed E-state index contributed by atoms with van der Waals surface area (Å²) in [6, 6.07) is 1.21. The lowest BCUT2D eigenvalue weighted by Gasteiger charge is -2.22. The minimum Gasteiger partial charge on any atom is -0.481 e. The molecule has 1 fully saturated rings. The average molecular weight is 291 g/mol. The first kappa shape index (κ1) is 13.2. The average Bonchev–Trinajstić information content (AvgIpc) is 2.85. The number of carbonyl (C=O) groups is 2. The second-order valence-electron chi connectivity index (χ2n) is 4.24. The molecule has 7 heteroatoms. The van der Waals surface area contributed by atoms with Crippen LogP contribution in [0, 0.1) is 0 Å². The van der Waals surface area contributed by atoms with Crippen molar-refractivity contribution in [2.75, 3.05) is 6.54 Å². The molecule has 0 aliphatic carbocycles. The van der Waals surface area contributed by atoms with E-state index in [2.05, 4.69) is 4.98 Å². The maximum Gasteiger partial charge on any atom is 0.305 e. The van der Waals surface area contributed by atoms with Gasteiger partial charge in [0, 0.05) is 12.6 Å². The number of aromatic amines is 1. The normalized spacial score (nSPS) is 19.2. The van der Waals surface area contributed by atoms with Gasteiger partial charge in [-0.15, -0.1) is 0 Å². The molecule has 0 spiro atoms. The highest BCUT2D eigenvalue weighted by molar-refractivity contribution is 6.41. The van der Waals surface area contributed by atoms with Crippen LogP contribution in [0.25, 0.3) is 0 Å². The lowest BCUT2D eigenvalue weighted by molar-refractivity contribution is -0.137. The number of hydrogen-bond acceptors (Lipinski definition) is 2. The number of amides is 1. The van der Waals surface area contributed by atoms with E-state index in [9.17, 15) is 9.59 Å². The van der Waals surface area contributed by atoms with E-state index in [0.29, 0.717) is 18.7 Å². The summed E-state index contributed by atoms with van der Waals surface area (Å²) in [5.41, 5.74) is 0.294. The quantitative estimate of drug-likeness (QED) is 0.898. The van der Waals surface area contributed by atoms with Gasteiger partial charge in [0.05, 0.1) is 11.4 Å². The summed E-state index contributed by atoms with van der Waals surface area (Å²) in [5, 5.41) is 9.31. The number of carboxylic acid groups (broad SMARTS) is 1. The molecular weight excluding hydrogens is 279 g/mol. The molecule has 2 heterocycles. The van der Waals surface area contributed by atoms with E-state index in [-0.39, 0.29) is 28.5 Å². The number of carboxylic acids is 1. The zero-order valence-corrected chi connectivity index (χ0v) is 11.0. The first-order chi connectivity index (χ1) is 8.49. The molecule has 1 aromatic rings. The Hall–Kier alpha value is -1.20. The van der Waals surface area contributed by atoms with Gasteiger partial charge in [0.1, 0.15) is 10.8 Å². The summed E-state index contributed by atoms with van der Waals surface area (Å²) >= 11 is 11.5. The Morgan fingerprint density at radius 3 is 2.78 bits per heavy atom. The van der Waals surface area contributed by atoms with Gasteiger partial charge in [-0.2, -0.15) is 0 Å². The zero-order valence-electron chi connectivity index (χ0n) is 9.45. The third-order valence-electron chi connectivity index (χ3n) is 3.00. The second-order valence-corrected chi connectivity index (χ2v) is 5.02. The van der Waals surface area contributed by atoms with Crippen molar-refractivity contribution in [3.8, 4) is 0 Å². The van der Waals surface area contributed by atoms with Gasteiger partial charge in [0.25, 0.3) is 5.91 Å². The second kappa shape index (κ2) is 5.20. The number of H-pyrrole nitrogens is 1. The van der Waals surface area contributed by atoms with Crippen molar-refractivity contribution in [1.29, 1.82) is 0 Å². The van der Waals surface area contributed by atoms with Gasteiger partial charge in [0.15, 0.2) is 0 Å².